The van der Waals surface area contributed by atoms with Crippen LogP contribution in [0.15, 0.2) is 42.5 Å². The van der Waals surface area contributed by atoms with E-state index in [1.807, 2.05) is 30.3 Å². The summed E-state index contributed by atoms with van der Waals surface area (Å²) in [7, 11) is 4.55. The SMILES string of the molecule is COC(=O)C/C=C\[C@@H]1O[C@@H](OCc2ccccc2)C(OC)[C@H]1OC. The molecule has 24 heavy (non-hydrogen) atoms. The van der Waals surface area contributed by atoms with Crippen molar-refractivity contribution in [1.29, 1.82) is 0 Å². The van der Waals surface area contributed by atoms with E-state index in [1.54, 1.807) is 26.4 Å². The first kappa shape index (κ1) is 18.6. The molecule has 1 aliphatic heterocycles. The van der Waals surface area contributed by atoms with Gasteiger partial charge in [-0.05, 0) is 5.56 Å². The van der Waals surface area contributed by atoms with Gasteiger partial charge in [0, 0.05) is 14.2 Å². The summed E-state index contributed by atoms with van der Waals surface area (Å²) in [5.41, 5.74) is 1.05. The van der Waals surface area contributed by atoms with Crippen LogP contribution in [-0.4, -0.2) is 51.9 Å². The predicted molar refractivity (Wildman–Crippen MR) is 87.3 cm³/mol. The summed E-state index contributed by atoms with van der Waals surface area (Å²) in [4.78, 5) is 11.2. The molecule has 2 rings (SSSR count). The largest absolute Gasteiger partial charge is 0.469 e. The number of esters is 1. The Balaban J connectivity index is 1.97. The van der Waals surface area contributed by atoms with E-state index in [2.05, 4.69) is 4.74 Å². The van der Waals surface area contributed by atoms with E-state index in [9.17, 15) is 4.79 Å². The van der Waals surface area contributed by atoms with E-state index in [-0.39, 0.29) is 30.7 Å². The molecule has 0 aromatic heterocycles. The fourth-order valence-corrected chi connectivity index (χ4v) is 2.59. The zero-order valence-corrected chi connectivity index (χ0v) is 14.2. The molecule has 0 bridgehead atoms. The van der Waals surface area contributed by atoms with Gasteiger partial charge >= 0.3 is 5.97 Å². The van der Waals surface area contributed by atoms with Crippen LogP contribution in [0.2, 0.25) is 0 Å². The summed E-state index contributed by atoms with van der Waals surface area (Å²) in [5.74, 6) is -0.307. The van der Waals surface area contributed by atoms with Crippen LogP contribution >= 0.6 is 0 Å². The minimum atomic E-state index is -0.548. The molecule has 4 atom stereocenters. The van der Waals surface area contributed by atoms with Crippen molar-refractivity contribution < 1.29 is 28.5 Å². The van der Waals surface area contributed by atoms with Gasteiger partial charge in [0.2, 0.25) is 0 Å². The highest BCUT2D eigenvalue weighted by atomic mass is 16.7. The van der Waals surface area contributed by atoms with E-state index in [1.165, 1.54) is 7.11 Å². The van der Waals surface area contributed by atoms with E-state index in [0.29, 0.717) is 6.61 Å². The zero-order valence-electron chi connectivity index (χ0n) is 14.2. The lowest BCUT2D eigenvalue weighted by molar-refractivity contribution is -0.173. The number of carbonyl (C=O) groups excluding carboxylic acids is 1. The second kappa shape index (κ2) is 9.54. The minimum Gasteiger partial charge on any atom is -0.469 e. The molecule has 0 spiro atoms. The average Bonchev–Trinajstić information content (AvgIpc) is 2.97. The second-order valence-corrected chi connectivity index (χ2v) is 5.37. The molecule has 1 saturated heterocycles. The smallest absolute Gasteiger partial charge is 0.309 e. The fraction of sp³-hybridized carbons (Fsp3) is 0.500. The van der Waals surface area contributed by atoms with E-state index < -0.39 is 6.29 Å². The summed E-state index contributed by atoms with van der Waals surface area (Å²) in [6.45, 7) is 0.417. The molecule has 1 aromatic carbocycles. The molecule has 132 valence electrons. The van der Waals surface area contributed by atoms with Crippen molar-refractivity contribution in [2.75, 3.05) is 21.3 Å². The van der Waals surface area contributed by atoms with Gasteiger partial charge in [0.25, 0.3) is 0 Å². The van der Waals surface area contributed by atoms with Gasteiger partial charge in [-0.15, -0.1) is 0 Å². The highest BCUT2D eigenvalue weighted by Crippen LogP contribution is 2.28. The molecule has 1 aromatic rings. The second-order valence-electron chi connectivity index (χ2n) is 5.37. The third-order valence-electron chi connectivity index (χ3n) is 3.85. The van der Waals surface area contributed by atoms with Crippen molar-refractivity contribution in [2.45, 2.75) is 37.6 Å². The maximum Gasteiger partial charge on any atom is 0.309 e. The van der Waals surface area contributed by atoms with E-state index in [4.69, 9.17) is 18.9 Å². The van der Waals surface area contributed by atoms with Crippen LogP contribution in [0.3, 0.4) is 0 Å². The van der Waals surface area contributed by atoms with Crippen LogP contribution in [0.25, 0.3) is 0 Å². The molecular formula is C18H24O6. The number of hydrogen-bond donors (Lipinski definition) is 0. The Hall–Kier alpha value is -1.73. The summed E-state index contributed by atoms with van der Waals surface area (Å²) in [5, 5.41) is 0. The van der Waals surface area contributed by atoms with Crippen molar-refractivity contribution >= 4 is 5.97 Å². The number of hydrogen-bond acceptors (Lipinski definition) is 6. The molecule has 0 amide bonds. The number of carbonyl (C=O) groups is 1. The quantitative estimate of drug-likeness (QED) is 0.535. The summed E-state index contributed by atoms with van der Waals surface area (Å²) < 4.78 is 27.3. The monoisotopic (exact) mass is 336 g/mol. The third kappa shape index (κ3) is 4.88. The molecule has 0 aliphatic carbocycles. The van der Waals surface area contributed by atoms with Gasteiger partial charge in [-0.2, -0.15) is 0 Å². The van der Waals surface area contributed by atoms with Crippen molar-refractivity contribution in [2.24, 2.45) is 0 Å². The lowest BCUT2D eigenvalue weighted by atomic mass is 10.1. The first-order valence-electron chi connectivity index (χ1n) is 7.79. The lowest BCUT2D eigenvalue weighted by Crippen LogP contribution is -2.36. The van der Waals surface area contributed by atoms with Crippen LogP contribution in [0, 0.1) is 0 Å². The maximum atomic E-state index is 11.2. The summed E-state index contributed by atoms with van der Waals surface area (Å²) in [6.07, 6.45) is 2.09. The van der Waals surface area contributed by atoms with Crippen molar-refractivity contribution in [1.82, 2.24) is 0 Å². The van der Waals surface area contributed by atoms with Gasteiger partial charge in [0.05, 0.1) is 20.1 Å². The maximum absolute atomic E-state index is 11.2. The Morgan fingerprint density at radius 2 is 1.83 bits per heavy atom. The molecule has 0 saturated carbocycles. The Morgan fingerprint density at radius 1 is 1.12 bits per heavy atom. The summed E-state index contributed by atoms with van der Waals surface area (Å²) >= 11 is 0. The fourth-order valence-electron chi connectivity index (χ4n) is 2.59. The van der Waals surface area contributed by atoms with E-state index >= 15 is 0 Å². The number of rotatable bonds is 8. The lowest BCUT2D eigenvalue weighted by Gasteiger charge is -2.20. The van der Waals surface area contributed by atoms with Gasteiger partial charge in [0.15, 0.2) is 6.29 Å². The third-order valence-corrected chi connectivity index (χ3v) is 3.85. The van der Waals surface area contributed by atoms with Crippen LogP contribution < -0.4 is 0 Å². The first-order valence-corrected chi connectivity index (χ1v) is 7.79. The molecule has 6 nitrogen and oxygen atoms in total. The highest BCUT2D eigenvalue weighted by molar-refractivity contribution is 5.70. The Kier molecular flexibility index (Phi) is 7.39. The first-order chi connectivity index (χ1) is 11.7. The number of ether oxygens (including phenoxy) is 5. The van der Waals surface area contributed by atoms with E-state index in [0.717, 1.165) is 5.56 Å². The van der Waals surface area contributed by atoms with Gasteiger partial charge in [0.1, 0.15) is 18.3 Å². The molecule has 6 heteroatoms. The van der Waals surface area contributed by atoms with Crippen molar-refractivity contribution in [3.63, 3.8) is 0 Å². The number of methoxy groups -OCH3 is 3. The van der Waals surface area contributed by atoms with Gasteiger partial charge in [-0.25, -0.2) is 0 Å². The van der Waals surface area contributed by atoms with Crippen LogP contribution in [0.5, 0.6) is 0 Å². The molecule has 0 N–H and O–H groups in total. The van der Waals surface area contributed by atoms with Crippen LogP contribution in [0.4, 0.5) is 0 Å². The van der Waals surface area contributed by atoms with Crippen molar-refractivity contribution in [3.8, 4) is 0 Å². The number of benzene rings is 1. The predicted octanol–water partition coefficient (Wildman–Crippen LogP) is 2.08. The van der Waals surface area contributed by atoms with Gasteiger partial charge < -0.3 is 23.7 Å². The highest BCUT2D eigenvalue weighted by Gasteiger charge is 2.44. The van der Waals surface area contributed by atoms with Crippen LogP contribution in [-0.2, 0) is 35.1 Å². The average molecular weight is 336 g/mol. The Labute approximate surface area is 142 Å². The van der Waals surface area contributed by atoms with Gasteiger partial charge in [-0.1, -0.05) is 42.5 Å². The van der Waals surface area contributed by atoms with Gasteiger partial charge in [-0.3, -0.25) is 4.79 Å². The molecule has 1 aliphatic rings. The zero-order chi connectivity index (χ0) is 17.4. The topological polar surface area (TPSA) is 63.2 Å². The molecule has 1 unspecified atom stereocenters. The van der Waals surface area contributed by atoms with Crippen LogP contribution in [0.1, 0.15) is 12.0 Å². The minimum absolute atomic E-state index is 0.181. The Bertz CT molecular complexity index is 530. The molecule has 1 heterocycles. The van der Waals surface area contributed by atoms with Crippen molar-refractivity contribution in [3.05, 3.63) is 48.0 Å². The molecular weight excluding hydrogens is 312 g/mol. The Morgan fingerprint density at radius 3 is 2.46 bits per heavy atom. The standard InChI is InChI=1S/C18H24O6/c1-20-15(19)11-7-10-14-16(21-2)17(22-3)18(24-14)23-12-13-8-5-4-6-9-13/h4-10,14,16-18H,11-12H2,1-3H3/b10-7-/t14-,16-,17?,18+/m0/s1. The summed E-state index contributed by atoms with van der Waals surface area (Å²) in [6, 6.07) is 9.84. The molecule has 1 fully saturated rings. The normalized spacial score (nSPS) is 26.8. The molecule has 0 radical (unpaired) electrons.